The average molecular weight is 425 g/mol. The fourth-order valence-electron chi connectivity index (χ4n) is 4.44. The zero-order valence-corrected chi connectivity index (χ0v) is 17.8. The summed E-state index contributed by atoms with van der Waals surface area (Å²) in [6.45, 7) is 1.54. The Bertz CT molecular complexity index is 1590. The van der Waals surface area contributed by atoms with Crippen molar-refractivity contribution in [3.05, 3.63) is 75.2 Å². The Labute approximate surface area is 183 Å². The molecule has 2 amide bonds. The Morgan fingerprint density at radius 2 is 1.56 bits per heavy atom. The van der Waals surface area contributed by atoms with Gasteiger partial charge < -0.3 is 5.11 Å². The molecule has 0 spiro atoms. The number of anilines is 1. The predicted octanol–water partition coefficient (Wildman–Crippen LogP) is 2.48. The molecule has 0 fully saturated rings. The molecule has 0 radical (unpaired) electrons. The van der Waals surface area contributed by atoms with Crippen LogP contribution >= 0.6 is 0 Å². The number of rotatable bonds is 1. The van der Waals surface area contributed by atoms with Gasteiger partial charge in [0.2, 0.25) is 0 Å². The topological polar surface area (TPSA) is 84.5 Å². The maximum Gasteiger partial charge on any atom is 0.328 e. The van der Waals surface area contributed by atoms with Gasteiger partial charge in [-0.15, -0.1) is 0 Å². The predicted molar refractivity (Wildman–Crippen MR) is 122 cm³/mol. The number of imide groups is 1. The SMILES string of the molecule is Cc1cc2c(cc1N1C(=O)c3cccc4c(C#CCO)ccc(c34)C1=O)n(C)c(=O)n2C. The molecule has 158 valence electrons. The third-order valence-electron chi connectivity index (χ3n) is 6.04. The summed E-state index contributed by atoms with van der Waals surface area (Å²) in [6.07, 6.45) is 0. The van der Waals surface area contributed by atoms with E-state index in [4.69, 9.17) is 5.11 Å². The second-order valence-electron chi connectivity index (χ2n) is 7.82. The van der Waals surface area contributed by atoms with Crippen LogP contribution in [0.2, 0.25) is 0 Å². The van der Waals surface area contributed by atoms with Crippen LogP contribution in [-0.2, 0) is 14.1 Å². The van der Waals surface area contributed by atoms with Crippen molar-refractivity contribution in [1.29, 1.82) is 0 Å². The highest BCUT2D eigenvalue weighted by molar-refractivity contribution is 6.36. The number of fused-ring (bicyclic) bond motifs is 1. The molecule has 0 bridgehead atoms. The Balaban J connectivity index is 1.76. The van der Waals surface area contributed by atoms with E-state index in [1.165, 1.54) is 14.0 Å². The molecule has 1 N–H and O–H groups in total. The molecule has 3 aromatic carbocycles. The normalized spacial score (nSPS) is 13.1. The summed E-state index contributed by atoms with van der Waals surface area (Å²) < 4.78 is 3.04. The van der Waals surface area contributed by atoms with Crippen molar-refractivity contribution in [1.82, 2.24) is 9.13 Å². The summed E-state index contributed by atoms with van der Waals surface area (Å²) in [7, 11) is 3.35. The summed E-state index contributed by atoms with van der Waals surface area (Å²) in [6, 6.07) is 12.2. The lowest BCUT2D eigenvalue weighted by atomic mass is 9.91. The van der Waals surface area contributed by atoms with Gasteiger partial charge in [0.15, 0.2) is 0 Å². The van der Waals surface area contributed by atoms with Crippen molar-refractivity contribution in [3.63, 3.8) is 0 Å². The lowest BCUT2D eigenvalue weighted by Crippen LogP contribution is -2.41. The molecule has 1 aromatic heterocycles. The maximum absolute atomic E-state index is 13.5. The van der Waals surface area contributed by atoms with Crippen LogP contribution < -0.4 is 10.6 Å². The van der Waals surface area contributed by atoms with E-state index < -0.39 is 11.8 Å². The van der Waals surface area contributed by atoms with Crippen LogP contribution in [0.25, 0.3) is 21.8 Å². The molecule has 0 saturated heterocycles. The van der Waals surface area contributed by atoms with Gasteiger partial charge in [0, 0.05) is 36.2 Å². The van der Waals surface area contributed by atoms with E-state index in [1.807, 2.05) is 19.1 Å². The largest absolute Gasteiger partial charge is 0.384 e. The van der Waals surface area contributed by atoms with Crippen LogP contribution in [0.1, 0.15) is 31.8 Å². The number of aryl methyl sites for hydroxylation is 3. The van der Waals surface area contributed by atoms with Gasteiger partial charge in [-0.2, -0.15) is 0 Å². The van der Waals surface area contributed by atoms with E-state index in [1.54, 1.807) is 44.4 Å². The van der Waals surface area contributed by atoms with Gasteiger partial charge in [0.25, 0.3) is 11.8 Å². The summed E-state index contributed by atoms with van der Waals surface area (Å²) in [5, 5.41) is 10.3. The minimum Gasteiger partial charge on any atom is -0.384 e. The molecule has 1 aliphatic heterocycles. The number of hydrogen-bond donors (Lipinski definition) is 1. The van der Waals surface area contributed by atoms with Crippen molar-refractivity contribution in [2.24, 2.45) is 14.1 Å². The Kier molecular flexibility index (Phi) is 4.29. The molecule has 2 heterocycles. The number of aliphatic hydroxyl groups excluding tert-OH is 1. The molecule has 0 unspecified atom stereocenters. The third kappa shape index (κ3) is 2.57. The average Bonchev–Trinajstić information content (AvgIpc) is 2.99. The molecule has 7 heteroatoms. The van der Waals surface area contributed by atoms with Gasteiger partial charge in [0.05, 0.1) is 16.7 Å². The molecule has 0 aliphatic carbocycles. The summed E-state index contributed by atoms with van der Waals surface area (Å²) in [4.78, 5) is 40.6. The van der Waals surface area contributed by atoms with E-state index in [2.05, 4.69) is 11.8 Å². The number of aliphatic hydroxyl groups is 1. The Hall–Kier alpha value is -4.15. The summed E-state index contributed by atoms with van der Waals surface area (Å²) in [5.41, 5.74) is 3.80. The van der Waals surface area contributed by atoms with Gasteiger partial charge in [-0.1, -0.05) is 24.0 Å². The molecular formula is C25H19N3O4. The number of carbonyl (C=O) groups is 2. The van der Waals surface area contributed by atoms with Crippen LogP contribution in [0, 0.1) is 18.8 Å². The quantitative estimate of drug-likeness (QED) is 0.375. The molecule has 32 heavy (non-hydrogen) atoms. The van der Waals surface area contributed by atoms with Crippen LogP contribution in [0.15, 0.2) is 47.3 Å². The summed E-state index contributed by atoms with van der Waals surface area (Å²) >= 11 is 0. The standard InChI is InChI=1S/C25H19N3O4/c1-14-12-20-21(27(3)25(32)26(20)2)13-19(14)28-23(30)17-8-4-7-16-15(6-5-11-29)9-10-18(22(16)17)24(28)31/h4,7-10,12-13,29H,11H2,1-3H3. The highest BCUT2D eigenvalue weighted by Gasteiger charge is 2.35. The van der Waals surface area contributed by atoms with Crippen LogP contribution in [0.4, 0.5) is 5.69 Å². The zero-order chi connectivity index (χ0) is 22.7. The van der Waals surface area contributed by atoms with E-state index in [-0.39, 0.29) is 12.3 Å². The van der Waals surface area contributed by atoms with Crippen molar-refractivity contribution in [3.8, 4) is 11.8 Å². The second-order valence-corrected chi connectivity index (χ2v) is 7.82. The molecule has 5 rings (SSSR count). The molecule has 1 aliphatic rings. The number of nitrogens with zero attached hydrogens (tertiary/aromatic N) is 3. The van der Waals surface area contributed by atoms with Gasteiger partial charge in [-0.25, -0.2) is 9.69 Å². The first-order valence-corrected chi connectivity index (χ1v) is 10.1. The number of aromatic nitrogens is 2. The van der Waals surface area contributed by atoms with E-state index >= 15 is 0 Å². The smallest absolute Gasteiger partial charge is 0.328 e. The molecule has 7 nitrogen and oxygen atoms in total. The van der Waals surface area contributed by atoms with Gasteiger partial charge >= 0.3 is 5.69 Å². The zero-order valence-electron chi connectivity index (χ0n) is 17.8. The Morgan fingerprint density at radius 1 is 0.906 bits per heavy atom. The van der Waals surface area contributed by atoms with Gasteiger partial charge in [-0.3, -0.25) is 18.7 Å². The van der Waals surface area contributed by atoms with Crippen molar-refractivity contribution in [2.75, 3.05) is 11.5 Å². The minimum atomic E-state index is -0.427. The fraction of sp³-hybridized carbons (Fsp3) is 0.160. The maximum atomic E-state index is 13.5. The van der Waals surface area contributed by atoms with Crippen molar-refractivity contribution in [2.45, 2.75) is 6.92 Å². The first-order valence-electron chi connectivity index (χ1n) is 10.1. The lowest BCUT2D eigenvalue weighted by Gasteiger charge is -2.28. The monoisotopic (exact) mass is 425 g/mol. The van der Waals surface area contributed by atoms with Crippen molar-refractivity contribution >= 4 is 39.3 Å². The molecular weight excluding hydrogens is 406 g/mol. The van der Waals surface area contributed by atoms with Crippen molar-refractivity contribution < 1.29 is 14.7 Å². The minimum absolute atomic E-state index is 0.181. The first-order chi connectivity index (χ1) is 15.3. The number of benzene rings is 3. The number of amides is 2. The fourth-order valence-corrected chi connectivity index (χ4v) is 4.44. The number of hydrogen-bond acceptors (Lipinski definition) is 4. The van der Waals surface area contributed by atoms with Crippen LogP contribution in [0.3, 0.4) is 0 Å². The number of imidazole rings is 1. The van der Waals surface area contributed by atoms with E-state index in [0.717, 1.165) is 5.52 Å². The van der Waals surface area contributed by atoms with Gasteiger partial charge in [0.1, 0.15) is 6.61 Å². The second kappa shape index (κ2) is 6.94. The van der Waals surface area contributed by atoms with Crippen LogP contribution in [0.5, 0.6) is 0 Å². The molecule has 4 aromatic rings. The van der Waals surface area contributed by atoms with Crippen LogP contribution in [-0.4, -0.2) is 32.7 Å². The van der Waals surface area contributed by atoms with E-state index in [0.29, 0.717) is 44.2 Å². The number of carbonyl (C=O) groups excluding carboxylic acids is 2. The summed E-state index contributed by atoms with van der Waals surface area (Å²) in [5.74, 6) is 4.65. The lowest BCUT2D eigenvalue weighted by molar-refractivity contribution is 0.0893. The molecule has 0 saturated carbocycles. The van der Waals surface area contributed by atoms with Gasteiger partial charge in [-0.05, 0) is 48.2 Å². The highest BCUT2D eigenvalue weighted by atomic mass is 16.2. The Morgan fingerprint density at radius 3 is 2.25 bits per heavy atom. The highest BCUT2D eigenvalue weighted by Crippen LogP contribution is 2.36. The van der Waals surface area contributed by atoms with E-state index in [9.17, 15) is 14.4 Å². The molecule has 0 atom stereocenters. The first kappa shape index (κ1) is 19.8. The third-order valence-corrected chi connectivity index (χ3v) is 6.04.